The van der Waals surface area contributed by atoms with Gasteiger partial charge in [0.1, 0.15) is 11.5 Å². The SMILES string of the molecule is CCCOc1cccc(NC(=O)C(C)Oc2ccc([N+](=O)[O-])cc2)c1. The molecule has 1 unspecified atom stereocenters. The van der Waals surface area contributed by atoms with Crippen LogP contribution in [0, 0.1) is 10.1 Å². The highest BCUT2D eigenvalue weighted by Gasteiger charge is 2.16. The lowest BCUT2D eigenvalue weighted by molar-refractivity contribution is -0.384. The monoisotopic (exact) mass is 344 g/mol. The molecule has 25 heavy (non-hydrogen) atoms. The summed E-state index contributed by atoms with van der Waals surface area (Å²) < 4.78 is 11.0. The van der Waals surface area contributed by atoms with E-state index in [9.17, 15) is 14.9 Å². The van der Waals surface area contributed by atoms with Crippen molar-refractivity contribution in [2.45, 2.75) is 26.4 Å². The van der Waals surface area contributed by atoms with Crippen molar-refractivity contribution in [3.05, 3.63) is 58.6 Å². The van der Waals surface area contributed by atoms with Crippen LogP contribution in [0.3, 0.4) is 0 Å². The zero-order chi connectivity index (χ0) is 18.2. The molecule has 0 aliphatic heterocycles. The first-order valence-electron chi connectivity index (χ1n) is 7.94. The maximum absolute atomic E-state index is 12.2. The summed E-state index contributed by atoms with van der Waals surface area (Å²) in [7, 11) is 0. The van der Waals surface area contributed by atoms with Gasteiger partial charge in [0.15, 0.2) is 6.10 Å². The Bertz CT molecular complexity index is 731. The quantitative estimate of drug-likeness (QED) is 0.581. The summed E-state index contributed by atoms with van der Waals surface area (Å²) in [5.41, 5.74) is 0.575. The fraction of sp³-hybridized carbons (Fsp3) is 0.278. The van der Waals surface area contributed by atoms with Crippen LogP contribution in [-0.2, 0) is 4.79 Å². The summed E-state index contributed by atoms with van der Waals surface area (Å²) in [5, 5.41) is 13.4. The van der Waals surface area contributed by atoms with E-state index in [0.717, 1.165) is 6.42 Å². The molecule has 1 amide bonds. The van der Waals surface area contributed by atoms with Gasteiger partial charge in [-0.25, -0.2) is 0 Å². The van der Waals surface area contributed by atoms with Crippen LogP contribution in [0.1, 0.15) is 20.3 Å². The Morgan fingerprint density at radius 3 is 2.56 bits per heavy atom. The summed E-state index contributed by atoms with van der Waals surface area (Å²) >= 11 is 0. The van der Waals surface area contributed by atoms with Gasteiger partial charge in [-0.1, -0.05) is 13.0 Å². The fourth-order valence-electron chi connectivity index (χ4n) is 2.03. The van der Waals surface area contributed by atoms with Gasteiger partial charge in [0, 0.05) is 23.9 Å². The van der Waals surface area contributed by atoms with Crippen LogP contribution in [0.2, 0.25) is 0 Å². The van der Waals surface area contributed by atoms with E-state index in [1.54, 1.807) is 25.1 Å². The number of ether oxygens (including phenoxy) is 2. The van der Waals surface area contributed by atoms with Crippen molar-refractivity contribution in [1.29, 1.82) is 0 Å². The highest BCUT2D eigenvalue weighted by Crippen LogP contribution is 2.20. The number of nitro benzene ring substituents is 1. The number of rotatable bonds is 8. The van der Waals surface area contributed by atoms with E-state index >= 15 is 0 Å². The number of benzene rings is 2. The van der Waals surface area contributed by atoms with Gasteiger partial charge in [0.25, 0.3) is 11.6 Å². The average molecular weight is 344 g/mol. The number of anilines is 1. The minimum absolute atomic E-state index is 0.0339. The summed E-state index contributed by atoms with van der Waals surface area (Å²) in [6.07, 6.45) is 0.137. The van der Waals surface area contributed by atoms with Crippen molar-refractivity contribution in [3.63, 3.8) is 0 Å². The van der Waals surface area contributed by atoms with Crippen molar-refractivity contribution in [2.75, 3.05) is 11.9 Å². The third-order valence-corrected chi connectivity index (χ3v) is 3.30. The van der Waals surface area contributed by atoms with E-state index in [-0.39, 0.29) is 11.6 Å². The Kier molecular flexibility index (Phi) is 6.33. The lowest BCUT2D eigenvalue weighted by Crippen LogP contribution is -2.30. The first-order valence-corrected chi connectivity index (χ1v) is 7.94. The number of hydrogen-bond donors (Lipinski definition) is 1. The lowest BCUT2D eigenvalue weighted by Gasteiger charge is -2.15. The van der Waals surface area contributed by atoms with Gasteiger partial charge >= 0.3 is 0 Å². The molecule has 2 aromatic rings. The first-order chi connectivity index (χ1) is 12.0. The molecule has 0 bridgehead atoms. The largest absolute Gasteiger partial charge is 0.494 e. The molecule has 0 spiro atoms. The molecule has 0 aromatic heterocycles. The number of nitro groups is 1. The second-order valence-corrected chi connectivity index (χ2v) is 5.38. The minimum atomic E-state index is -0.762. The molecule has 2 aromatic carbocycles. The zero-order valence-corrected chi connectivity index (χ0v) is 14.1. The van der Waals surface area contributed by atoms with Crippen LogP contribution in [0.25, 0.3) is 0 Å². The molecule has 132 valence electrons. The smallest absolute Gasteiger partial charge is 0.269 e. The standard InChI is InChI=1S/C18H20N2O5/c1-3-11-24-17-6-4-5-14(12-17)19-18(21)13(2)25-16-9-7-15(8-10-16)20(22)23/h4-10,12-13H,3,11H2,1-2H3,(H,19,21). The van der Waals surface area contributed by atoms with Crippen LogP contribution in [-0.4, -0.2) is 23.5 Å². The molecule has 0 saturated carbocycles. The molecular formula is C18H20N2O5. The molecule has 0 aliphatic carbocycles. The molecule has 0 heterocycles. The number of amides is 1. The second-order valence-electron chi connectivity index (χ2n) is 5.38. The molecule has 1 atom stereocenters. The number of nitrogens with one attached hydrogen (secondary N) is 1. The van der Waals surface area contributed by atoms with Gasteiger partial charge in [0.05, 0.1) is 11.5 Å². The van der Waals surface area contributed by atoms with E-state index in [1.807, 2.05) is 13.0 Å². The summed E-state index contributed by atoms with van der Waals surface area (Å²) in [4.78, 5) is 22.4. The number of nitrogens with zero attached hydrogens (tertiary/aromatic N) is 1. The molecule has 0 fully saturated rings. The maximum Gasteiger partial charge on any atom is 0.269 e. The number of non-ortho nitro benzene ring substituents is 1. The third-order valence-electron chi connectivity index (χ3n) is 3.30. The van der Waals surface area contributed by atoms with Gasteiger partial charge in [-0.15, -0.1) is 0 Å². The average Bonchev–Trinajstić information content (AvgIpc) is 2.60. The van der Waals surface area contributed by atoms with Crippen molar-refractivity contribution in [1.82, 2.24) is 0 Å². The highest BCUT2D eigenvalue weighted by molar-refractivity contribution is 5.94. The van der Waals surface area contributed by atoms with E-state index in [0.29, 0.717) is 23.8 Å². The Morgan fingerprint density at radius 1 is 1.20 bits per heavy atom. The highest BCUT2D eigenvalue weighted by atomic mass is 16.6. The second kappa shape index (κ2) is 8.68. The van der Waals surface area contributed by atoms with Crippen LogP contribution >= 0.6 is 0 Å². The summed E-state index contributed by atoms with van der Waals surface area (Å²) in [6.45, 7) is 4.23. The fourth-order valence-corrected chi connectivity index (χ4v) is 2.03. The summed E-state index contributed by atoms with van der Waals surface area (Å²) in [5.74, 6) is 0.739. The first kappa shape index (κ1) is 18.3. The number of carbonyl (C=O) groups is 1. The predicted molar refractivity (Wildman–Crippen MR) is 94.0 cm³/mol. The van der Waals surface area contributed by atoms with Gasteiger partial charge in [0.2, 0.25) is 0 Å². The van der Waals surface area contributed by atoms with E-state index in [1.165, 1.54) is 24.3 Å². The molecule has 0 saturated heterocycles. The van der Waals surface area contributed by atoms with Gasteiger partial charge < -0.3 is 14.8 Å². The number of hydrogen-bond acceptors (Lipinski definition) is 5. The Balaban J connectivity index is 1.94. The van der Waals surface area contributed by atoms with Crippen molar-refractivity contribution < 1.29 is 19.2 Å². The van der Waals surface area contributed by atoms with Gasteiger partial charge in [-0.05, 0) is 37.6 Å². The molecule has 7 nitrogen and oxygen atoms in total. The summed E-state index contributed by atoms with van der Waals surface area (Å²) in [6, 6.07) is 12.7. The molecular weight excluding hydrogens is 324 g/mol. The maximum atomic E-state index is 12.2. The molecule has 2 rings (SSSR count). The van der Waals surface area contributed by atoms with E-state index < -0.39 is 11.0 Å². The van der Waals surface area contributed by atoms with Crippen molar-refractivity contribution in [3.8, 4) is 11.5 Å². The van der Waals surface area contributed by atoms with Gasteiger partial charge in [-0.3, -0.25) is 14.9 Å². The zero-order valence-electron chi connectivity index (χ0n) is 14.1. The van der Waals surface area contributed by atoms with Crippen molar-refractivity contribution >= 4 is 17.3 Å². The van der Waals surface area contributed by atoms with Crippen LogP contribution < -0.4 is 14.8 Å². The van der Waals surface area contributed by atoms with Crippen LogP contribution in [0.5, 0.6) is 11.5 Å². The topological polar surface area (TPSA) is 90.7 Å². The molecule has 0 radical (unpaired) electrons. The molecule has 1 N–H and O–H groups in total. The van der Waals surface area contributed by atoms with Crippen molar-refractivity contribution in [2.24, 2.45) is 0 Å². The lowest BCUT2D eigenvalue weighted by atomic mass is 10.2. The predicted octanol–water partition coefficient (Wildman–Crippen LogP) is 3.79. The minimum Gasteiger partial charge on any atom is -0.494 e. The Hall–Kier alpha value is -3.09. The Morgan fingerprint density at radius 2 is 1.92 bits per heavy atom. The Labute approximate surface area is 145 Å². The third kappa shape index (κ3) is 5.49. The van der Waals surface area contributed by atoms with Crippen LogP contribution in [0.4, 0.5) is 11.4 Å². The molecule has 0 aliphatic rings. The van der Waals surface area contributed by atoms with Gasteiger partial charge in [-0.2, -0.15) is 0 Å². The van der Waals surface area contributed by atoms with E-state index in [4.69, 9.17) is 9.47 Å². The molecule has 7 heteroatoms. The van der Waals surface area contributed by atoms with E-state index in [2.05, 4.69) is 5.32 Å². The van der Waals surface area contributed by atoms with Crippen LogP contribution in [0.15, 0.2) is 48.5 Å². The normalized spacial score (nSPS) is 11.4. The number of carbonyl (C=O) groups excluding carboxylic acids is 1.